The van der Waals surface area contributed by atoms with Gasteiger partial charge in [0, 0.05) is 31.8 Å². The topological polar surface area (TPSA) is 71.7 Å². The Morgan fingerprint density at radius 1 is 1.29 bits per heavy atom. The summed E-state index contributed by atoms with van der Waals surface area (Å²) < 4.78 is 10.9. The molecule has 0 aliphatic carbocycles. The minimum atomic E-state index is 0.125. The van der Waals surface area contributed by atoms with Crippen molar-refractivity contribution in [2.75, 3.05) is 13.1 Å². The lowest BCUT2D eigenvalue weighted by Crippen LogP contribution is -2.38. The first kappa shape index (κ1) is 17.8. The molecule has 0 saturated heterocycles. The highest BCUT2D eigenvalue weighted by Gasteiger charge is 2.02. The molecule has 0 spiro atoms. The van der Waals surface area contributed by atoms with Crippen LogP contribution >= 0.6 is 0 Å². The zero-order chi connectivity index (χ0) is 17.2. The van der Waals surface area contributed by atoms with E-state index in [0.717, 1.165) is 36.8 Å². The summed E-state index contributed by atoms with van der Waals surface area (Å²) in [5, 5.41) is 6.53. The zero-order valence-electron chi connectivity index (χ0n) is 14.6. The highest BCUT2D eigenvalue weighted by atomic mass is 16.5. The molecule has 0 aliphatic heterocycles. The number of pyridine rings is 1. The Balaban J connectivity index is 1.85. The van der Waals surface area contributed by atoms with E-state index in [1.807, 2.05) is 45.0 Å². The lowest BCUT2D eigenvalue weighted by molar-refractivity contribution is 0.232. The van der Waals surface area contributed by atoms with Gasteiger partial charge in [0.25, 0.3) is 0 Å². The lowest BCUT2D eigenvalue weighted by Gasteiger charge is -2.11. The van der Waals surface area contributed by atoms with E-state index in [2.05, 4.69) is 20.6 Å². The number of aromatic nitrogens is 1. The molecule has 24 heavy (non-hydrogen) atoms. The third-order valence-corrected chi connectivity index (χ3v) is 3.16. The van der Waals surface area contributed by atoms with Gasteiger partial charge < -0.3 is 19.8 Å². The summed E-state index contributed by atoms with van der Waals surface area (Å²) >= 11 is 0. The number of nitrogens with zero attached hydrogens (tertiary/aromatic N) is 2. The Hall–Kier alpha value is -2.50. The molecular weight excluding hydrogens is 304 g/mol. The van der Waals surface area contributed by atoms with E-state index in [0.29, 0.717) is 12.4 Å². The fourth-order valence-electron chi connectivity index (χ4n) is 2.09. The third-order valence-electron chi connectivity index (χ3n) is 3.16. The van der Waals surface area contributed by atoms with Gasteiger partial charge in [-0.25, -0.2) is 9.98 Å². The maximum atomic E-state index is 5.54. The summed E-state index contributed by atoms with van der Waals surface area (Å²) in [5.41, 5.74) is 1.04. The number of rotatable bonds is 8. The average molecular weight is 330 g/mol. The molecule has 2 heterocycles. The summed E-state index contributed by atoms with van der Waals surface area (Å²) in [5.74, 6) is 2.39. The largest absolute Gasteiger partial charge is 0.475 e. The third kappa shape index (κ3) is 6.32. The summed E-state index contributed by atoms with van der Waals surface area (Å²) in [6, 6.07) is 7.73. The number of nitrogens with one attached hydrogen (secondary N) is 2. The van der Waals surface area contributed by atoms with Crippen molar-refractivity contribution in [3.05, 3.63) is 48.0 Å². The van der Waals surface area contributed by atoms with Crippen molar-refractivity contribution >= 4 is 5.96 Å². The Morgan fingerprint density at radius 3 is 2.79 bits per heavy atom. The minimum Gasteiger partial charge on any atom is -0.475 e. The van der Waals surface area contributed by atoms with Gasteiger partial charge in [0.1, 0.15) is 5.76 Å². The van der Waals surface area contributed by atoms with Crippen molar-refractivity contribution in [3.63, 3.8) is 0 Å². The Bertz CT molecular complexity index is 606. The molecule has 130 valence electrons. The summed E-state index contributed by atoms with van der Waals surface area (Å²) in [6.45, 7) is 8.15. The second kappa shape index (κ2) is 9.60. The van der Waals surface area contributed by atoms with Crippen LogP contribution in [-0.2, 0) is 13.0 Å². The SMILES string of the molecule is CCNC(=NCc1ccc(OC(C)C)nc1)NCCc1ccco1. The number of guanidine groups is 1. The van der Waals surface area contributed by atoms with Gasteiger partial charge in [-0.05, 0) is 38.5 Å². The fourth-order valence-corrected chi connectivity index (χ4v) is 2.09. The minimum absolute atomic E-state index is 0.125. The highest BCUT2D eigenvalue weighted by molar-refractivity contribution is 5.79. The van der Waals surface area contributed by atoms with Crippen molar-refractivity contribution in [1.82, 2.24) is 15.6 Å². The van der Waals surface area contributed by atoms with Crippen molar-refractivity contribution in [1.29, 1.82) is 0 Å². The zero-order valence-corrected chi connectivity index (χ0v) is 14.6. The first-order chi connectivity index (χ1) is 11.7. The number of furan rings is 1. The monoisotopic (exact) mass is 330 g/mol. The number of ether oxygens (including phenoxy) is 1. The molecule has 0 radical (unpaired) electrons. The molecule has 2 N–H and O–H groups in total. The van der Waals surface area contributed by atoms with Crippen molar-refractivity contribution in [2.24, 2.45) is 4.99 Å². The predicted molar refractivity (Wildman–Crippen MR) is 95.2 cm³/mol. The standard InChI is InChI=1S/C18H26N4O2/c1-4-19-18(20-10-9-16-6-5-11-23-16)22-13-15-7-8-17(21-12-15)24-14(2)3/h5-8,11-12,14H,4,9-10,13H2,1-3H3,(H2,19,20,22). The van der Waals surface area contributed by atoms with Crippen LogP contribution in [0.2, 0.25) is 0 Å². The van der Waals surface area contributed by atoms with Gasteiger partial charge in [0.2, 0.25) is 5.88 Å². The fraction of sp³-hybridized carbons (Fsp3) is 0.444. The van der Waals surface area contributed by atoms with E-state index in [1.165, 1.54) is 0 Å². The number of aliphatic imine (C=N–C) groups is 1. The number of hydrogen-bond donors (Lipinski definition) is 2. The van der Waals surface area contributed by atoms with Crippen LogP contribution < -0.4 is 15.4 Å². The van der Waals surface area contributed by atoms with Gasteiger partial charge >= 0.3 is 0 Å². The molecule has 6 heteroatoms. The van der Waals surface area contributed by atoms with Gasteiger partial charge in [-0.15, -0.1) is 0 Å². The summed E-state index contributed by atoms with van der Waals surface area (Å²) in [4.78, 5) is 8.87. The van der Waals surface area contributed by atoms with Crippen LogP contribution in [0.3, 0.4) is 0 Å². The Morgan fingerprint density at radius 2 is 2.17 bits per heavy atom. The highest BCUT2D eigenvalue weighted by Crippen LogP contribution is 2.10. The van der Waals surface area contributed by atoms with Crippen LogP contribution in [0.15, 0.2) is 46.1 Å². The molecule has 0 amide bonds. The van der Waals surface area contributed by atoms with Crippen LogP contribution in [-0.4, -0.2) is 30.1 Å². The van der Waals surface area contributed by atoms with Crippen LogP contribution in [0.4, 0.5) is 0 Å². The average Bonchev–Trinajstić information content (AvgIpc) is 3.07. The van der Waals surface area contributed by atoms with Gasteiger partial charge in [-0.3, -0.25) is 0 Å². The first-order valence-electron chi connectivity index (χ1n) is 8.33. The summed E-state index contributed by atoms with van der Waals surface area (Å²) in [7, 11) is 0. The molecule has 2 rings (SSSR count). The molecule has 0 atom stereocenters. The first-order valence-corrected chi connectivity index (χ1v) is 8.33. The molecule has 0 fully saturated rings. The maximum Gasteiger partial charge on any atom is 0.213 e. The molecule has 2 aromatic heterocycles. The normalized spacial score (nSPS) is 11.6. The van der Waals surface area contributed by atoms with Gasteiger partial charge in [0.15, 0.2) is 5.96 Å². The van der Waals surface area contributed by atoms with Crippen LogP contribution in [0.5, 0.6) is 5.88 Å². The van der Waals surface area contributed by atoms with Crippen LogP contribution in [0.25, 0.3) is 0 Å². The molecular formula is C18H26N4O2. The molecule has 0 saturated carbocycles. The lowest BCUT2D eigenvalue weighted by atomic mass is 10.3. The summed E-state index contributed by atoms with van der Waals surface area (Å²) in [6.07, 6.45) is 4.43. The quantitative estimate of drug-likeness (QED) is 0.575. The second-order valence-electron chi connectivity index (χ2n) is 5.62. The smallest absolute Gasteiger partial charge is 0.213 e. The van der Waals surface area contributed by atoms with E-state index in [-0.39, 0.29) is 6.10 Å². The predicted octanol–water partition coefficient (Wildman–Crippen LogP) is 2.76. The molecule has 0 bridgehead atoms. The molecule has 0 unspecified atom stereocenters. The van der Waals surface area contributed by atoms with Crippen LogP contribution in [0, 0.1) is 0 Å². The molecule has 6 nitrogen and oxygen atoms in total. The van der Waals surface area contributed by atoms with Gasteiger partial charge in [-0.1, -0.05) is 6.07 Å². The van der Waals surface area contributed by atoms with E-state index in [9.17, 15) is 0 Å². The van der Waals surface area contributed by atoms with E-state index >= 15 is 0 Å². The van der Waals surface area contributed by atoms with E-state index in [1.54, 1.807) is 12.5 Å². The van der Waals surface area contributed by atoms with E-state index in [4.69, 9.17) is 9.15 Å². The maximum absolute atomic E-state index is 5.54. The molecule has 0 aliphatic rings. The van der Waals surface area contributed by atoms with Crippen molar-refractivity contribution in [3.8, 4) is 5.88 Å². The molecule has 2 aromatic rings. The van der Waals surface area contributed by atoms with Crippen LogP contribution in [0.1, 0.15) is 32.1 Å². The Labute approximate surface area is 143 Å². The van der Waals surface area contributed by atoms with Gasteiger partial charge in [0.05, 0.1) is 18.9 Å². The van der Waals surface area contributed by atoms with E-state index < -0.39 is 0 Å². The van der Waals surface area contributed by atoms with Gasteiger partial charge in [-0.2, -0.15) is 0 Å². The second-order valence-corrected chi connectivity index (χ2v) is 5.62. The Kier molecular flexibility index (Phi) is 7.14. The van der Waals surface area contributed by atoms with Crippen molar-refractivity contribution < 1.29 is 9.15 Å². The molecule has 0 aromatic carbocycles. The van der Waals surface area contributed by atoms with Crippen molar-refractivity contribution in [2.45, 2.75) is 39.8 Å². The number of hydrogen-bond acceptors (Lipinski definition) is 4.